The molecule has 0 radical (unpaired) electrons. The summed E-state index contributed by atoms with van der Waals surface area (Å²) in [6, 6.07) is 3.72. The number of carbonyl (C=O) groups is 1. The zero-order chi connectivity index (χ0) is 15.3. The summed E-state index contributed by atoms with van der Waals surface area (Å²) in [6.07, 6.45) is 1.59. The smallest absolute Gasteiger partial charge is 0.244 e. The summed E-state index contributed by atoms with van der Waals surface area (Å²) in [5, 5.41) is 2.95. The van der Waals surface area contributed by atoms with Gasteiger partial charge in [-0.3, -0.25) is 4.79 Å². The first-order valence-electron chi connectivity index (χ1n) is 6.57. The molecule has 1 aromatic carbocycles. The minimum Gasteiger partial charge on any atom is -0.493 e. The summed E-state index contributed by atoms with van der Waals surface area (Å²) in [5.41, 5.74) is 3.03. The van der Waals surface area contributed by atoms with E-state index in [9.17, 15) is 4.79 Å². The fourth-order valence-corrected chi connectivity index (χ4v) is 2.06. The lowest BCUT2D eigenvalue weighted by Gasteiger charge is -2.18. The van der Waals surface area contributed by atoms with Gasteiger partial charge in [-0.05, 0) is 51.0 Å². The Bertz CT molecular complexity index is 517. The highest BCUT2D eigenvalue weighted by Crippen LogP contribution is 2.32. The summed E-state index contributed by atoms with van der Waals surface area (Å²) in [6.45, 7) is 7.73. The van der Waals surface area contributed by atoms with Crippen molar-refractivity contribution in [2.75, 3.05) is 14.2 Å². The van der Waals surface area contributed by atoms with Crippen LogP contribution in [0.2, 0.25) is 0 Å². The SMILES string of the molecule is COc1cc(C)c([C@@H](C)NC(=O)C=C(C)C)cc1OC. The number of allylic oxidation sites excluding steroid dienone is 1. The van der Waals surface area contributed by atoms with Crippen molar-refractivity contribution >= 4 is 5.91 Å². The second-order valence-electron chi connectivity index (χ2n) is 5.02. The molecule has 1 amide bonds. The highest BCUT2D eigenvalue weighted by atomic mass is 16.5. The Hall–Kier alpha value is -1.97. The highest BCUT2D eigenvalue weighted by Gasteiger charge is 2.14. The number of nitrogens with one attached hydrogen (secondary N) is 1. The first-order chi connectivity index (χ1) is 9.38. The largest absolute Gasteiger partial charge is 0.493 e. The van der Waals surface area contributed by atoms with Crippen LogP contribution < -0.4 is 14.8 Å². The molecule has 0 aliphatic carbocycles. The van der Waals surface area contributed by atoms with Gasteiger partial charge in [-0.15, -0.1) is 0 Å². The van der Waals surface area contributed by atoms with E-state index in [1.807, 2.05) is 39.8 Å². The lowest BCUT2D eigenvalue weighted by molar-refractivity contribution is -0.117. The van der Waals surface area contributed by atoms with Gasteiger partial charge in [-0.25, -0.2) is 0 Å². The first-order valence-corrected chi connectivity index (χ1v) is 6.57. The van der Waals surface area contributed by atoms with E-state index < -0.39 is 0 Å². The maximum Gasteiger partial charge on any atom is 0.244 e. The van der Waals surface area contributed by atoms with Crippen LogP contribution in [0.3, 0.4) is 0 Å². The fourth-order valence-electron chi connectivity index (χ4n) is 2.06. The molecule has 0 aliphatic rings. The fraction of sp³-hybridized carbons (Fsp3) is 0.438. The topological polar surface area (TPSA) is 47.6 Å². The van der Waals surface area contributed by atoms with Crippen LogP contribution in [0.4, 0.5) is 0 Å². The molecule has 20 heavy (non-hydrogen) atoms. The van der Waals surface area contributed by atoms with Crippen LogP contribution in [0.5, 0.6) is 11.5 Å². The van der Waals surface area contributed by atoms with Gasteiger partial charge in [-0.1, -0.05) is 5.57 Å². The Morgan fingerprint density at radius 1 is 1.20 bits per heavy atom. The Balaban J connectivity index is 3.01. The third-order valence-corrected chi connectivity index (χ3v) is 3.02. The predicted octanol–water partition coefficient (Wildman–Crippen LogP) is 3.16. The number of benzene rings is 1. The zero-order valence-corrected chi connectivity index (χ0v) is 13.0. The molecule has 0 fully saturated rings. The molecule has 0 spiro atoms. The van der Waals surface area contributed by atoms with E-state index in [0.29, 0.717) is 11.5 Å². The molecule has 1 N–H and O–H groups in total. The predicted molar refractivity (Wildman–Crippen MR) is 80.3 cm³/mol. The maximum absolute atomic E-state index is 11.8. The molecule has 0 aromatic heterocycles. The molecular formula is C16H23NO3. The van der Waals surface area contributed by atoms with E-state index in [1.165, 1.54) is 0 Å². The van der Waals surface area contributed by atoms with Crippen LogP contribution in [-0.4, -0.2) is 20.1 Å². The van der Waals surface area contributed by atoms with Crippen LogP contribution in [0.15, 0.2) is 23.8 Å². The summed E-state index contributed by atoms with van der Waals surface area (Å²) in [4.78, 5) is 11.8. The van der Waals surface area contributed by atoms with E-state index in [-0.39, 0.29) is 11.9 Å². The van der Waals surface area contributed by atoms with Crippen LogP contribution >= 0.6 is 0 Å². The molecule has 1 rings (SSSR count). The average molecular weight is 277 g/mol. The van der Waals surface area contributed by atoms with Gasteiger partial charge in [0.25, 0.3) is 0 Å². The van der Waals surface area contributed by atoms with Crippen LogP contribution in [0, 0.1) is 6.92 Å². The normalized spacial score (nSPS) is 11.5. The molecule has 0 unspecified atom stereocenters. The van der Waals surface area contributed by atoms with Gasteiger partial charge >= 0.3 is 0 Å². The molecule has 110 valence electrons. The molecule has 1 aromatic rings. The summed E-state index contributed by atoms with van der Waals surface area (Å²) < 4.78 is 10.6. The van der Waals surface area contributed by atoms with Crippen molar-refractivity contribution in [1.82, 2.24) is 5.32 Å². The Morgan fingerprint density at radius 3 is 2.25 bits per heavy atom. The van der Waals surface area contributed by atoms with E-state index in [0.717, 1.165) is 16.7 Å². The van der Waals surface area contributed by atoms with E-state index in [2.05, 4.69) is 5.32 Å². The third kappa shape index (κ3) is 4.02. The molecule has 0 heterocycles. The Labute approximate surface area is 120 Å². The van der Waals surface area contributed by atoms with Crippen LogP contribution in [0.25, 0.3) is 0 Å². The first kappa shape index (κ1) is 16.1. The summed E-state index contributed by atoms with van der Waals surface area (Å²) in [7, 11) is 3.21. The number of hydrogen-bond acceptors (Lipinski definition) is 3. The van der Waals surface area contributed by atoms with Crippen molar-refractivity contribution in [3.05, 3.63) is 34.9 Å². The van der Waals surface area contributed by atoms with Crippen molar-refractivity contribution in [3.63, 3.8) is 0 Å². The molecule has 1 atom stereocenters. The number of rotatable bonds is 5. The number of hydrogen-bond donors (Lipinski definition) is 1. The number of amides is 1. The number of carbonyl (C=O) groups excluding carboxylic acids is 1. The summed E-state index contributed by atoms with van der Waals surface area (Å²) in [5.74, 6) is 1.26. The zero-order valence-electron chi connectivity index (χ0n) is 13.0. The molecule has 0 saturated carbocycles. The van der Waals surface area contributed by atoms with Gasteiger partial charge in [0.2, 0.25) is 5.91 Å². The van der Waals surface area contributed by atoms with Crippen molar-refractivity contribution in [2.24, 2.45) is 0 Å². The van der Waals surface area contributed by atoms with Gasteiger partial charge in [-0.2, -0.15) is 0 Å². The number of methoxy groups -OCH3 is 2. The molecular weight excluding hydrogens is 254 g/mol. The minimum absolute atomic E-state index is 0.0910. The van der Waals surface area contributed by atoms with Gasteiger partial charge in [0.1, 0.15) is 0 Å². The number of ether oxygens (including phenoxy) is 2. The quantitative estimate of drug-likeness (QED) is 0.841. The molecule has 4 nitrogen and oxygen atoms in total. The highest BCUT2D eigenvalue weighted by molar-refractivity contribution is 5.88. The van der Waals surface area contributed by atoms with Gasteiger partial charge in [0, 0.05) is 6.08 Å². The van der Waals surface area contributed by atoms with Crippen molar-refractivity contribution in [2.45, 2.75) is 33.7 Å². The molecule has 4 heteroatoms. The monoisotopic (exact) mass is 277 g/mol. The van der Waals surface area contributed by atoms with Gasteiger partial charge < -0.3 is 14.8 Å². The van der Waals surface area contributed by atoms with Crippen LogP contribution in [0.1, 0.15) is 37.9 Å². The van der Waals surface area contributed by atoms with Gasteiger partial charge in [0.05, 0.1) is 20.3 Å². The lowest BCUT2D eigenvalue weighted by Crippen LogP contribution is -2.25. The van der Waals surface area contributed by atoms with Crippen molar-refractivity contribution in [3.8, 4) is 11.5 Å². The third-order valence-electron chi connectivity index (χ3n) is 3.02. The standard InChI is InChI=1S/C16H23NO3/c1-10(2)7-16(18)17-12(4)13-9-15(20-6)14(19-5)8-11(13)3/h7-9,12H,1-6H3,(H,17,18)/t12-/m1/s1. The van der Waals surface area contributed by atoms with Gasteiger partial charge in [0.15, 0.2) is 11.5 Å². The summed E-state index contributed by atoms with van der Waals surface area (Å²) >= 11 is 0. The number of aryl methyl sites for hydroxylation is 1. The average Bonchev–Trinajstić information content (AvgIpc) is 2.36. The molecule has 0 saturated heterocycles. The second-order valence-corrected chi connectivity index (χ2v) is 5.02. The Kier molecular flexibility index (Phi) is 5.62. The minimum atomic E-state index is -0.0992. The lowest BCUT2D eigenvalue weighted by atomic mass is 10.0. The van der Waals surface area contributed by atoms with Crippen molar-refractivity contribution < 1.29 is 14.3 Å². The van der Waals surface area contributed by atoms with Crippen molar-refractivity contribution in [1.29, 1.82) is 0 Å². The molecule has 0 bridgehead atoms. The van der Waals surface area contributed by atoms with Crippen LogP contribution in [-0.2, 0) is 4.79 Å². The second kappa shape index (κ2) is 6.98. The maximum atomic E-state index is 11.8. The molecule has 0 aliphatic heterocycles. The van der Waals surface area contributed by atoms with E-state index in [1.54, 1.807) is 20.3 Å². The Morgan fingerprint density at radius 2 is 1.75 bits per heavy atom. The van der Waals surface area contributed by atoms with E-state index in [4.69, 9.17) is 9.47 Å². The van der Waals surface area contributed by atoms with E-state index >= 15 is 0 Å².